The van der Waals surface area contributed by atoms with Crippen LogP contribution in [0.5, 0.6) is 0 Å². The van der Waals surface area contributed by atoms with Gasteiger partial charge < -0.3 is 4.90 Å². The molecule has 3 aromatic rings. The Morgan fingerprint density at radius 3 is 2.32 bits per heavy atom. The largest absolute Gasteiger partial charge is 0.372 e. The molecular weight excluding hydrogens is 324 g/mol. The molecule has 0 amide bonds. The van der Waals surface area contributed by atoms with Crippen molar-refractivity contribution in [3.8, 4) is 0 Å². The highest BCUT2D eigenvalue weighted by Crippen LogP contribution is 2.27. The zero-order valence-electron chi connectivity index (χ0n) is 15.6. The van der Waals surface area contributed by atoms with E-state index in [2.05, 4.69) is 91.8 Å². The van der Waals surface area contributed by atoms with Crippen molar-refractivity contribution in [2.24, 2.45) is 0 Å². The van der Waals surface area contributed by atoms with Crippen molar-refractivity contribution in [2.75, 3.05) is 18.0 Å². The van der Waals surface area contributed by atoms with Gasteiger partial charge in [-0.3, -0.25) is 0 Å². The lowest BCUT2D eigenvalue weighted by Gasteiger charge is -2.20. The maximum atomic E-state index is 2.41. The monoisotopic (exact) mass is 351 g/mol. The Bertz CT molecular complexity index is 871. The molecule has 0 saturated heterocycles. The summed E-state index contributed by atoms with van der Waals surface area (Å²) in [5.74, 6) is 0. The highest BCUT2D eigenvalue weighted by molar-refractivity contribution is 7.19. The van der Waals surface area contributed by atoms with Crippen molar-refractivity contribution in [1.29, 1.82) is 0 Å². The quantitative estimate of drug-likeness (QED) is 0.523. The van der Waals surface area contributed by atoms with Crippen molar-refractivity contribution in [1.82, 2.24) is 0 Å². The van der Waals surface area contributed by atoms with Gasteiger partial charge in [0.05, 0.1) is 0 Å². The van der Waals surface area contributed by atoms with Crippen LogP contribution in [-0.4, -0.2) is 13.1 Å². The maximum Gasteiger partial charge on any atom is 0.265 e. The zero-order valence-corrected chi connectivity index (χ0v) is 16.4. The molecule has 130 valence electrons. The zero-order chi connectivity index (χ0) is 17.8. The van der Waals surface area contributed by atoms with Crippen LogP contribution in [0.25, 0.3) is 21.9 Å². The van der Waals surface area contributed by atoms with Crippen molar-refractivity contribution in [2.45, 2.75) is 34.2 Å². The van der Waals surface area contributed by atoms with E-state index < -0.39 is 0 Å². The van der Waals surface area contributed by atoms with Crippen molar-refractivity contribution in [3.05, 3.63) is 59.1 Å². The van der Waals surface area contributed by atoms with E-state index >= 15 is 0 Å². The molecular formula is C22H27N2S+. The lowest BCUT2D eigenvalue weighted by Crippen LogP contribution is -2.34. The van der Waals surface area contributed by atoms with E-state index in [0.717, 1.165) is 19.6 Å². The predicted octanol–water partition coefficient (Wildman–Crippen LogP) is 5.62. The molecule has 0 saturated carbocycles. The number of aryl methyl sites for hydroxylation is 1. The van der Waals surface area contributed by atoms with E-state index in [9.17, 15) is 0 Å². The lowest BCUT2D eigenvalue weighted by atomic mass is 10.1. The third kappa shape index (κ3) is 3.62. The van der Waals surface area contributed by atoms with Gasteiger partial charge in [0, 0.05) is 30.4 Å². The van der Waals surface area contributed by atoms with Gasteiger partial charge in [0.25, 0.3) is 5.01 Å². The lowest BCUT2D eigenvalue weighted by molar-refractivity contribution is -0.665. The second-order valence-electron chi connectivity index (χ2n) is 6.21. The number of nitrogens with zero attached hydrogens (tertiary/aromatic N) is 2. The van der Waals surface area contributed by atoms with Gasteiger partial charge in [-0.05, 0) is 57.5 Å². The molecule has 0 fully saturated rings. The van der Waals surface area contributed by atoms with Crippen molar-refractivity contribution in [3.63, 3.8) is 0 Å². The second kappa shape index (κ2) is 7.83. The van der Waals surface area contributed by atoms with E-state index in [-0.39, 0.29) is 0 Å². The Kier molecular flexibility index (Phi) is 5.54. The van der Waals surface area contributed by atoms with Gasteiger partial charge in [-0.1, -0.05) is 35.6 Å². The first-order valence-electron chi connectivity index (χ1n) is 9.13. The first-order valence-corrected chi connectivity index (χ1v) is 9.94. The van der Waals surface area contributed by atoms with Crippen molar-refractivity contribution < 1.29 is 4.57 Å². The summed E-state index contributed by atoms with van der Waals surface area (Å²) in [5.41, 5.74) is 5.20. The van der Waals surface area contributed by atoms with Crippen LogP contribution in [0, 0.1) is 0 Å². The molecule has 0 aliphatic heterocycles. The minimum Gasteiger partial charge on any atom is -0.372 e. The average Bonchev–Trinajstić information content (AvgIpc) is 3.03. The smallest absolute Gasteiger partial charge is 0.265 e. The molecule has 0 N–H and O–H groups in total. The summed E-state index contributed by atoms with van der Waals surface area (Å²) in [6, 6.07) is 17.6. The summed E-state index contributed by atoms with van der Waals surface area (Å²) in [7, 11) is 0. The van der Waals surface area contributed by atoms with Crippen LogP contribution >= 0.6 is 11.3 Å². The number of anilines is 1. The Hall–Kier alpha value is -2.13. The predicted molar refractivity (Wildman–Crippen MR) is 111 cm³/mol. The molecule has 0 bridgehead atoms. The van der Waals surface area contributed by atoms with Gasteiger partial charge in [0.1, 0.15) is 11.2 Å². The van der Waals surface area contributed by atoms with Gasteiger partial charge in [-0.2, -0.15) is 4.57 Å². The van der Waals surface area contributed by atoms with E-state index in [4.69, 9.17) is 0 Å². The molecule has 2 nitrogen and oxygen atoms in total. The number of hydrogen-bond donors (Lipinski definition) is 0. The number of rotatable bonds is 6. The summed E-state index contributed by atoms with van der Waals surface area (Å²) in [5, 5.41) is 1.34. The Morgan fingerprint density at radius 1 is 1.00 bits per heavy atom. The van der Waals surface area contributed by atoms with E-state index in [1.54, 1.807) is 0 Å². The molecule has 0 unspecified atom stereocenters. The van der Waals surface area contributed by atoms with Gasteiger partial charge in [0.2, 0.25) is 5.52 Å². The van der Waals surface area contributed by atoms with E-state index in [1.165, 1.54) is 32.0 Å². The minimum absolute atomic E-state index is 0.991. The summed E-state index contributed by atoms with van der Waals surface area (Å²) in [6.07, 6.45) is 2.29. The average molecular weight is 352 g/mol. The number of hydrogen-bond acceptors (Lipinski definition) is 2. The number of allylic oxidation sites excluding steroid dienone is 1. The van der Waals surface area contributed by atoms with Crippen LogP contribution in [0.4, 0.5) is 5.69 Å². The molecule has 0 spiro atoms. The summed E-state index contributed by atoms with van der Waals surface area (Å²) in [6.45, 7) is 11.9. The number of aromatic nitrogens is 1. The van der Waals surface area contributed by atoms with Crippen LogP contribution < -0.4 is 9.47 Å². The standard InChI is InChI=1S/C22H27N2S/c1-5-23(6-2)19-14-12-18(13-15-19)16-17(4)22-24(7-3)20-10-8-9-11-21(20)25-22/h8-16H,5-7H2,1-4H3/q+1. The highest BCUT2D eigenvalue weighted by Gasteiger charge is 2.19. The van der Waals surface area contributed by atoms with Crippen LogP contribution in [0.2, 0.25) is 0 Å². The molecule has 0 atom stereocenters. The van der Waals surface area contributed by atoms with Crippen LogP contribution in [-0.2, 0) is 6.54 Å². The molecule has 3 heteroatoms. The normalized spacial score (nSPS) is 11.9. The van der Waals surface area contributed by atoms with Gasteiger partial charge in [-0.25, -0.2) is 0 Å². The fourth-order valence-corrected chi connectivity index (χ4v) is 4.52. The van der Waals surface area contributed by atoms with Gasteiger partial charge >= 0.3 is 0 Å². The number of benzene rings is 2. The molecule has 0 aliphatic carbocycles. The Morgan fingerprint density at radius 2 is 1.68 bits per heavy atom. The first kappa shape index (κ1) is 17.7. The Balaban J connectivity index is 1.94. The van der Waals surface area contributed by atoms with Crippen LogP contribution in [0.3, 0.4) is 0 Å². The highest BCUT2D eigenvalue weighted by atomic mass is 32.1. The third-order valence-corrected chi connectivity index (χ3v) is 5.97. The number of para-hydroxylation sites is 1. The van der Waals surface area contributed by atoms with Crippen LogP contribution in [0.15, 0.2) is 48.5 Å². The van der Waals surface area contributed by atoms with E-state index in [0.29, 0.717) is 0 Å². The molecule has 1 heterocycles. The molecule has 0 radical (unpaired) electrons. The van der Waals surface area contributed by atoms with Gasteiger partial charge in [-0.15, -0.1) is 0 Å². The SMILES string of the molecule is CCN(CC)c1ccc(/C=C(\C)c2sc3ccccc3[n+]2CC)cc1. The molecule has 2 aromatic carbocycles. The van der Waals surface area contributed by atoms with Crippen molar-refractivity contribution >= 4 is 38.9 Å². The minimum atomic E-state index is 0.991. The maximum absolute atomic E-state index is 2.41. The molecule has 0 aliphatic rings. The molecule has 3 rings (SSSR count). The molecule has 25 heavy (non-hydrogen) atoms. The number of fused-ring (bicyclic) bond motifs is 1. The first-order chi connectivity index (χ1) is 12.2. The van der Waals surface area contributed by atoms with Crippen LogP contribution in [0.1, 0.15) is 38.3 Å². The molecule has 1 aromatic heterocycles. The fraction of sp³-hybridized carbons (Fsp3) is 0.318. The summed E-state index contributed by atoms with van der Waals surface area (Å²) in [4.78, 5) is 2.37. The van der Waals surface area contributed by atoms with Gasteiger partial charge in [0.15, 0.2) is 0 Å². The Labute approximate surface area is 155 Å². The van der Waals surface area contributed by atoms with E-state index in [1.807, 2.05) is 11.3 Å². The summed E-state index contributed by atoms with van der Waals surface area (Å²) >= 11 is 1.88. The third-order valence-electron chi connectivity index (χ3n) is 4.67. The topological polar surface area (TPSA) is 7.12 Å². The second-order valence-corrected chi connectivity index (χ2v) is 7.24. The summed E-state index contributed by atoms with van der Waals surface area (Å²) < 4.78 is 3.76. The fourth-order valence-electron chi connectivity index (χ4n) is 3.32. The number of thiazole rings is 1.